The molecule has 0 radical (unpaired) electrons. The molecular formula is C23H21NOS. The molecule has 0 aromatic heterocycles. The molecule has 1 aliphatic heterocycles. The van der Waals surface area contributed by atoms with Crippen molar-refractivity contribution < 1.29 is 4.79 Å². The molecule has 0 unspecified atom stereocenters. The normalized spacial score (nSPS) is 16.1. The molecule has 0 fully saturated rings. The highest BCUT2D eigenvalue weighted by Crippen LogP contribution is 2.36. The first-order valence-electron chi connectivity index (χ1n) is 8.95. The van der Waals surface area contributed by atoms with E-state index in [2.05, 4.69) is 29.6 Å². The van der Waals surface area contributed by atoms with E-state index in [-0.39, 0.29) is 17.9 Å². The Balaban J connectivity index is 1.64. The van der Waals surface area contributed by atoms with Crippen molar-refractivity contribution in [3.63, 3.8) is 0 Å². The summed E-state index contributed by atoms with van der Waals surface area (Å²) in [5.41, 5.74) is 3.28. The van der Waals surface area contributed by atoms with Crippen molar-refractivity contribution in [2.24, 2.45) is 0 Å². The van der Waals surface area contributed by atoms with E-state index < -0.39 is 0 Å². The topological polar surface area (TPSA) is 29.1 Å². The number of carbonyl (C=O) groups excluding carboxylic acids is 1. The molecule has 26 heavy (non-hydrogen) atoms. The fourth-order valence-electron chi connectivity index (χ4n) is 3.53. The fourth-order valence-corrected chi connectivity index (χ4v) is 4.66. The van der Waals surface area contributed by atoms with Gasteiger partial charge in [-0.2, -0.15) is 0 Å². The molecule has 1 N–H and O–H groups in total. The van der Waals surface area contributed by atoms with Crippen molar-refractivity contribution in [1.29, 1.82) is 0 Å². The van der Waals surface area contributed by atoms with Crippen LogP contribution < -0.4 is 5.32 Å². The van der Waals surface area contributed by atoms with Gasteiger partial charge in [0.05, 0.1) is 12.0 Å². The molecule has 3 heteroatoms. The maximum Gasteiger partial charge on any atom is 0.232 e. The van der Waals surface area contributed by atoms with Crippen LogP contribution in [0.15, 0.2) is 89.8 Å². The molecule has 3 aromatic rings. The Morgan fingerprint density at radius 2 is 1.42 bits per heavy atom. The number of hydrogen-bond acceptors (Lipinski definition) is 2. The van der Waals surface area contributed by atoms with Crippen LogP contribution in [0.5, 0.6) is 0 Å². The van der Waals surface area contributed by atoms with Gasteiger partial charge in [-0.25, -0.2) is 0 Å². The Labute approximate surface area is 158 Å². The Morgan fingerprint density at radius 3 is 2.08 bits per heavy atom. The maximum atomic E-state index is 13.3. The van der Waals surface area contributed by atoms with Crippen LogP contribution >= 0.6 is 11.8 Å². The molecule has 0 bridgehead atoms. The van der Waals surface area contributed by atoms with Gasteiger partial charge in [-0.1, -0.05) is 78.9 Å². The van der Waals surface area contributed by atoms with Crippen molar-refractivity contribution in [2.45, 2.75) is 23.3 Å². The minimum Gasteiger partial charge on any atom is -0.348 e. The summed E-state index contributed by atoms with van der Waals surface area (Å²) in [6, 6.07) is 28.5. The molecule has 0 spiro atoms. The Morgan fingerprint density at radius 1 is 0.846 bits per heavy atom. The van der Waals surface area contributed by atoms with Gasteiger partial charge >= 0.3 is 0 Å². The third-order valence-electron chi connectivity index (χ3n) is 4.80. The van der Waals surface area contributed by atoms with E-state index in [1.165, 1.54) is 10.5 Å². The summed E-state index contributed by atoms with van der Waals surface area (Å²) in [5, 5.41) is 3.32. The number of fused-ring (bicyclic) bond motifs is 1. The van der Waals surface area contributed by atoms with Gasteiger partial charge in [-0.05, 0) is 29.2 Å². The highest BCUT2D eigenvalue weighted by molar-refractivity contribution is 7.99. The molecule has 3 aromatic carbocycles. The molecule has 1 amide bonds. The number of amides is 1. The van der Waals surface area contributed by atoms with Gasteiger partial charge in [-0.15, -0.1) is 11.8 Å². The monoisotopic (exact) mass is 359 g/mol. The fraction of sp³-hybridized carbons (Fsp3) is 0.174. The van der Waals surface area contributed by atoms with E-state index in [1.807, 2.05) is 72.4 Å². The van der Waals surface area contributed by atoms with Crippen LogP contribution in [0.3, 0.4) is 0 Å². The number of benzene rings is 3. The highest BCUT2D eigenvalue weighted by atomic mass is 32.2. The summed E-state index contributed by atoms with van der Waals surface area (Å²) in [5.74, 6) is 0.803. The van der Waals surface area contributed by atoms with E-state index in [4.69, 9.17) is 0 Å². The van der Waals surface area contributed by atoms with Crippen LogP contribution in [0.4, 0.5) is 0 Å². The first kappa shape index (κ1) is 16.9. The summed E-state index contributed by atoms with van der Waals surface area (Å²) >= 11 is 1.87. The van der Waals surface area contributed by atoms with Gasteiger partial charge < -0.3 is 5.32 Å². The SMILES string of the molecule is O=C(N[C@@H]1CCSc2ccccc21)C(c1ccccc1)c1ccccc1. The van der Waals surface area contributed by atoms with Crippen molar-refractivity contribution in [3.05, 3.63) is 102 Å². The zero-order valence-electron chi connectivity index (χ0n) is 14.5. The summed E-state index contributed by atoms with van der Waals surface area (Å²) < 4.78 is 0. The van der Waals surface area contributed by atoms with Crippen molar-refractivity contribution >= 4 is 17.7 Å². The molecule has 0 saturated carbocycles. The van der Waals surface area contributed by atoms with Crippen molar-refractivity contribution in [2.75, 3.05) is 5.75 Å². The van der Waals surface area contributed by atoms with E-state index in [1.54, 1.807) is 0 Å². The number of thioether (sulfide) groups is 1. The first-order valence-corrected chi connectivity index (χ1v) is 9.93. The lowest BCUT2D eigenvalue weighted by Crippen LogP contribution is -2.35. The lowest BCUT2D eigenvalue weighted by Gasteiger charge is -2.28. The summed E-state index contributed by atoms with van der Waals surface area (Å²) in [6.07, 6.45) is 0.962. The molecule has 1 atom stereocenters. The average molecular weight is 359 g/mol. The minimum absolute atomic E-state index is 0.0640. The molecule has 0 saturated heterocycles. The Bertz CT molecular complexity index is 839. The second-order valence-corrected chi connectivity index (χ2v) is 7.63. The molecule has 1 heterocycles. The molecule has 0 aliphatic carbocycles. The van der Waals surface area contributed by atoms with E-state index in [0.29, 0.717) is 0 Å². The van der Waals surface area contributed by atoms with Crippen LogP contribution in [-0.2, 0) is 4.79 Å². The zero-order valence-corrected chi connectivity index (χ0v) is 15.3. The number of rotatable bonds is 4. The van der Waals surface area contributed by atoms with E-state index >= 15 is 0 Å². The molecule has 130 valence electrons. The van der Waals surface area contributed by atoms with Gasteiger partial charge in [0.2, 0.25) is 5.91 Å². The van der Waals surface area contributed by atoms with Crippen LogP contribution in [0.25, 0.3) is 0 Å². The van der Waals surface area contributed by atoms with Gasteiger partial charge in [0.25, 0.3) is 0 Å². The zero-order chi connectivity index (χ0) is 17.8. The predicted molar refractivity (Wildman–Crippen MR) is 107 cm³/mol. The molecule has 1 aliphatic rings. The van der Waals surface area contributed by atoms with E-state index in [0.717, 1.165) is 23.3 Å². The molecule has 4 rings (SSSR count). The lowest BCUT2D eigenvalue weighted by molar-refractivity contribution is -0.122. The van der Waals surface area contributed by atoms with Gasteiger partial charge in [0, 0.05) is 10.6 Å². The van der Waals surface area contributed by atoms with Crippen LogP contribution in [0.1, 0.15) is 35.1 Å². The van der Waals surface area contributed by atoms with Crippen LogP contribution in [0.2, 0.25) is 0 Å². The highest BCUT2D eigenvalue weighted by Gasteiger charge is 2.27. The first-order chi connectivity index (χ1) is 12.8. The van der Waals surface area contributed by atoms with Gasteiger partial charge in [-0.3, -0.25) is 4.79 Å². The Kier molecular flexibility index (Phi) is 5.07. The van der Waals surface area contributed by atoms with Gasteiger partial charge in [0.15, 0.2) is 0 Å². The van der Waals surface area contributed by atoms with Crippen molar-refractivity contribution in [1.82, 2.24) is 5.32 Å². The third-order valence-corrected chi connectivity index (χ3v) is 5.93. The third kappa shape index (κ3) is 3.54. The smallest absolute Gasteiger partial charge is 0.232 e. The minimum atomic E-state index is -0.292. The quantitative estimate of drug-likeness (QED) is 0.696. The predicted octanol–water partition coefficient (Wildman–Crippen LogP) is 5.17. The number of hydrogen-bond donors (Lipinski definition) is 1. The van der Waals surface area contributed by atoms with Crippen LogP contribution in [-0.4, -0.2) is 11.7 Å². The second-order valence-electron chi connectivity index (χ2n) is 6.49. The summed E-state index contributed by atoms with van der Waals surface area (Å²) in [6.45, 7) is 0. The number of carbonyl (C=O) groups is 1. The summed E-state index contributed by atoms with van der Waals surface area (Å²) in [7, 11) is 0. The van der Waals surface area contributed by atoms with E-state index in [9.17, 15) is 4.79 Å². The standard InChI is InChI=1S/C23H21NOS/c25-23(24-20-15-16-26-21-14-8-7-13-19(20)21)22(17-9-3-1-4-10-17)18-11-5-2-6-12-18/h1-14,20,22H,15-16H2,(H,24,25)/t20-/m1/s1. The second kappa shape index (κ2) is 7.79. The number of nitrogens with one attached hydrogen (secondary N) is 1. The largest absolute Gasteiger partial charge is 0.348 e. The molecular weight excluding hydrogens is 338 g/mol. The summed E-state index contributed by atoms with van der Waals surface area (Å²) in [4.78, 5) is 14.6. The van der Waals surface area contributed by atoms with Crippen LogP contribution in [0, 0.1) is 0 Å². The van der Waals surface area contributed by atoms with Crippen molar-refractivity contribution in [3.8, 4) is 0 Å². The maximum absolute atomic E-state index is 13.3. The Hall–Kier alpha value is -2.52. The van der Waals surface area contributed by atoms with Gasteiger partial charge in [0.1, 0.15) is 0 Å². The lowest BCUT2D eigenvalue weighted by atomic mass is 9.90. The molecule has 2 nitrogen and oxygen atoms in total. The average Bonchev–Trinajstić information content (AvgIpc) is 2.70.